The molecular formula is C26H17ClF6N2O2. The fourth-order valence-corrected chi connectivity index (χ4v) is 4.23. The third-order valence-electron chi connectivity index (χ3n) is 5.74. The first-order chi connectivity index (χ1) is 17.3. The second kappa shape index (κ2) is 9.59. The van der Waals surface area contributed by atoms with E-state index in [1.54, 1.807) is 36.4 Å². The zero-order valence-electron chi connectivity index (χ0n) is 19.0. The van der Waals surface area contributed by atoms with Crippen LogP contribution in [0.3, 0.4) is 0 Å². The highest BCUT2D eigenvalue weighted by Gasteiger charge is 2.37. The molecule has 0 aliphatic heterocycles. The Labute approximate surface area is 211 Å². The number of carbonyl (C=O) groups excluding carboxylic acids is 1. The normalized spacial score (nSPS) is 12.1. The molecule has 0 aliphatic carbocycles. The van der Waals surface area contributed by atoms with Gasteiger partial charge < -0.3 is 9.88 Å². The third-order valence-corrected chi connectivity index (χ3v) is 5.98. The quantitative estimate of drug-likeness (QED) is 0.282. The number of carbonyl (C=O) groups is 1. The van der Waals surface area contributed by atoms with Crippen LogP contribution in [-0.2, 0) is 30.6 Å². The largest absolute Gasteiger partial charge is 0.416 e. The van der Waals surface area contributed by atoms with Crippen molar-refractivity contribution in [2.24, 2.45) is 7.05 Å². The number of pyridine rings is 1. The maximum absolute atomic E-state index is 13.2. The van der Waals surface area contributed by atoms with Gasteiger partial charge in [-0.25, -0.2) is 0 Å². The Morgan fingerprint density at radius 3 is 2.03 bits per heavy atom. The summed E-state index contributed by atoms with van der Waals surface area (Å²) in [4.78, 5) is 26.0. The summed E-state index contributed by atoms with van der Waals surface area (Å²) in [6.45, 7) is 0. The number of halogens is 7. The summed E-state index contributed by atoms with van der Waals surface area (Å²) >= 11 is 6.17. The van der Waals surface area contributed by atoms with Crippen LogP contribution in [0.15, 0.2) is 71.5 Å². The lowest BCUT2D eigenvalue weighted by Gasteiger charge is -2.18. The Kier molecular flexibility index (Phi) is 6.81. The summed E-state index contributed by atoms with van der Waals surface area (Å²) in [6, 6.07) is 14.2. The molecule has 0 bridgehead atoms. The molecule has 1 heterocycles. The van der Waals surface area contributed by atoms with Crippen molar-refractivity contribution < 1.29 is 31.1 Å². The topological polar surface area (TPSA) is 51.1 Å². The molecule has 192 valence electrons. The number of hydrogen-bond donors (Lipinski definition) is 1. The number of benzene rings is 3. The fraction of sp³-hybridized carbons (Fsp3) is 0.154. The molecule has 11 heteroatoms. The van der Waals surface area contributed by atoms with Gasteiger partial charge in [-0.3, -0.25) is 9.59 Å². The van der Waals surface area contributed by atoms with Gasteiger partial charge in [0, 0.05) is 34.4 Å². The van der Waals surface area contributed by atoms with Crippen molar-refractivity contribution in [1.29, 1.82) is 0 Å². The Balaban J connectivity index is 1.82. The average Bonchev–Trinajstić information content (AvgIpc) is 2.81. The van der Waals surface area contributed by atoms with E-state index in [1.165, 1.54) is 23.7 Å². The predicted octanol–water partition coefficient (Wildman–Crippen LogP) is 7.08. The lowest BCUT2D eigenvalue weighted by molar-refractivity contribution is -0.143. The molecular weight excluding hydrogens is 522 g/mol. The summed E-state index contributed by atoms with van der Waals surface area (Å²) in [7, 11) is 1.43. The first kappa shape index (κ1) is 26.3. The number of aromatic nitrogens is 1. The molecule has 0 spiro atoms. The van der Waals surface area contributed by atoms with Crippen molar-refractivity contribution in [2.45, 2.75) is 18.8 Å². The van der Waals surface area contributed by atoms with Crippen LogP contribution < -0.4 is 10.9 Å². The van der Waals surface area contributed by atoms with Gasteiger partial charge in [0.1, 0.15) is 0 Å². The van der Waals surface area contributed by atoms with Crippen molar-refractivity contribution in [1.82, 2.24) is 4.57 Å². The predicted molar refractivity (Wildman–Crippen MR) is 128 cm³/mol. The maximum atomic E-state index is 13.2. The smallest absolute Gasteiger partial charge is 0.326 e. The summed E-state index contributed by atoms with van der Waals surface area (Å²) in [6.07, 6.45) is -10.7. The highest BCUT2D eigenvalue weighted by Crippen LogP contribution is 2.38. The van der Waals surface area contributed by atoms with Crippen LogP contribution in [0, 0.1) is 0 Å². The van der Waals surface area contributed by atoms with E-state index in [4.69, 9.17) is 11.6 Å². The molecule has 4 aromatic rings. The van der Waals surface area contributed by atoms with Gasteiger partial charge in [-0.15, -0.1) is 0 Å². The molecule has 0 unspecified atom stereocenters. The minimum atomic E-state index is -5.07. The van der Waals surface area contributed by atoms with Crippen LogP contribution in [0.2, 0.25) is 5.02 Å². The highest BCUT2D eigenvalue weighted by atomic mass is 35.5. The molecule has 0 fully saturated rings. The molecule has 0 saturated heterocycles. The number of amides is 1. The first-order valence-corrected chi connectivity index (χ1v) is 11.1. The van der Waals surface area contributed by atoms with E-state index >= 15 is 0 Å². The zero-order valence-corrected chi connectivity index (χ0v) is 19.7. The van der Waals surface area contributed by atoms with Crippen LogP contribution in [-0.4, -0.2) is 10.5 Å². The number of anilines is 1. The summed E-state index contributed by atoms with van der Waals surface area (Å²) in [5, 5.41) is 3.22. The molecule has 1 aromatic heterocycles. The summed E-state index contributed by atoms with van der Waals surface area (Å²) in [5.41, 5.74) is -2.94. The van der Waals surface area contributed by atoms with Crippen molar-refractivity contribution in [3.8, 4) is 11.1 Å². The van der Waals surface area contributed by atoms with E-state index in [0.29, 0.717) is 39.1 Å². The number of nitrogens with one attached hydrogen (secondary N) is 1. The van der Waals surface area contributed by atoms with Gasteiger partial charge in [-0.1, -0.05) is 41.9 Å². The summed E-state index contributed by atoms with van der Waals surface area (Å²) in [5.74, 6) is -0.916. The van der Waals surface area contributed by atoms with Crippen molar-refractivity contribution >= 4 is 34.0 Å². The molecule has 37 heavy (non-hydrogen) atoms. The number of nitrogens with zero attached hydrogens (tertiary/aromatic N) is 1. The van der Waals surface area contributed by atoms with Crippen LogP contribution in [0.25, 0.3) is 21.9 Å². The molecule has 0 aliphatic rings. The van der Waals surface area contributed by atoms with E-state index in [9.17, 15) is 35.9 Å². The molecule has 0 atom stereocenters. The molecule has 0 saturated carbocycles. The van der Waals surface area contributed by atoms with Gasteiger partial charge in [-0.2, -0.15) is 26.3 Å². The lowest BCUT2D eigenvalue weighted by atomic mass is 9.95. The van der Waals surface area contributed by atoms with E-state index in [-0.39, 0.29) is 11.8 Å². The summed E-state index contributed by atoms with van der Waals surface area (Å²) < 4.78 is 80.5. The van der Waals surface area contributed by atoms with Crippen molar-refractivity contribution in [2.75, 3.05) is 5.32 Å². The number of alkyl halides is 6. The van der Waals surface area contributed by atoms with Crippen LogP contribution in [0.1, 0.15) is 16.8 Å². The average molecular weight is 539 g/mol. The number of rotatable bonds is 4. The van der Waals surface area contributed by atoms with E-state index < -0.39 is 47.1 Å². The van der Waals surface area contributed by atoms with Gasteiger partial charge in [0.15, 0.2) is 0 Å². The lowest BCUT2D eigenvalue weighted by Crippen LogP contribution is -2.26. The van der Waals surface area contributed by atoms with Crippen molar-refractivity contribution in [3.63, 3.8) is 0 Å². The van der Waals surface area contributed by atoms with Crippen LogP contribution >= 0.6 is 11.6 Å². The van der Waals surface area contributed by atoms with Gasteiger partial charge in [-0.05, 0) is 47.3 Å². The monoisotopic (exact) mass is 538 g/mol. The van der Waals surface area contributed by atoms with E-state index in [1.807, 2.05) is 0 Å². The highest BCUT2D eigenvalue weighted by molar-refractivity contribution is 6.31. The minimum Gasteiger partial charge on any atom is -0.326 e. The van der Waals surface area contributed by atoms with Crippen molar-refractivity contribution in [3.05, 3.63) is 98.9 Å². The SMILES string of the molecule is Cn1c(CC(=O)Nc2cc(C(F)(F)F)cc(C(F)(F)F)c2)c(-c2ccccc2)c2cc(Cl)ccc2c1=O. The molecule has 0 radical (unpaired) electrons. The van der Waals surface area contributed by atoms with Gasteiger partial charge in [0.2, 0.25) is 5.91 Å². The Morgan fingerprint density at radius 2 is 1.46 bits per heavy atom. The number of hydrogen-bond acceptors (Lipinski definition) is 2. The maximum Gasteiger partial charge on any atom is 0.416 e. The standard InChI is InChI=1S/C26H17ClF6N2O2/c1-35-21(13-22(36)34-18-10-15(25(28,29)30)9-16(11-18)26(31,32)33)23(14-5-3-2-4-6-14)20-12-17(27)7-8-19(20)24(35)37/h2-12H,13H2,1H3,(H,34,36). The molecule has 1 amide bonds. The minimum absolute atomic E-state index is 0.0278. The van der Waals surface area contributed by atoms with Gasteiger partial charge in [0.25, 0.3) is 5.56 Å². The Hall–Kier alpha value is -3.79. The molecule has 3 aromatic carbocycles. The fourth-order valence-electron chi connectivity index (χ4n) is 4.05. The van der Waals surface area contributed by atoms with Crippen LogP contribution in [0.4, 0.5) is 32.0 Å². The van der Waals surface area contributed by atoms with E-state index in [0.717, 1.165) is 0 Å². The Bertz CT molecular complexity index is 1530. The zero-order chi connectivity index (χ0) is 27.1. The first-order valence-electron chi connectivity index (χ1n) is 10.7. The molecule has 1 N–H and O–H groups in total. The molecule has 4 rings (SSSR count). The van der Waals surface area contributed by atoms with E-state index in [2.05, 4.69) is 5.32 Å². The molecule has 4 nitrogen and oxygen atoms in total. The van der Waals surface area contributed by atoms with Crippen LogP contribution in [0.5, 0.6) is 0 Å². The number of fused-ring (bicyclic) bond motifs is 1. The van der Waals surface area contributed by atoms with Gasteiger partial charge in [0.05, 0.1) is 17.5 Å². The second-order valence-corrected chi connectivity index (χ2v) is 8.70. The second-order valence-electron chi connectivity index (χ2n) is 8.26. The Morgan fingerprint density at radius 1 is 0.865 bits per heavy atom. The van der Waals surface area contributed by atoms with Gasteiger partial charge >= 0.3 is 12.4 Å². The third kappa shape index (κ3) is 5.48.